The third kappa shape index (κ3) is 4.61. The lowest BCUT2D eigenvalue weighted by atomic mass is 9.86. The number of nitrogens with zero attached hydrogens (tertiary/aromatic N) is 5. The molecule has 9 nitrogen and oxygen atoms in total. The Hall–Kier alpha value is -4.97. The minimum Gasteiger partial charge on any atom is -0.465 e. The van der Waals surface area contributed by atoms with Gasteiger partial charge in [0.2, 0.25) is 0 Å². The molecule has 1 aliphatic heterocycles. The number of imide groups is 1. The van der Waals surface area contributed by atoms with E-state index in [-0.39, 0.29) is 19.7 Å². The molecule has 1 fully saturated rings. The molecule has 0 aliphatic carbocycles. The second kappa shape index (κ2) is 10.4. The molecule has 0 N–H and O–H groups in total. The van der Waals surface area contributed by atoms with Crippen LogP contribution < -0.4 is 0 Å². The number of esters is 1. The summed E-state index contributed by atoms with van der Waals surface area (Å²) in [6.45, 7) is 3.61. The molecule has 39 heavy (non-hydrogen) atoms. The third-order valence-electron chi connectivity index (χ3n) is 7.12. The minimum atomic E-state index is -1.43. The van der Waals surface area contributed by atoms with Crippen molar-refractivity contribution in [1.29, 1.82) is 5.26 Å². The Morgan fingerprint density at radius 2 is 1.77 bits per heavy atom. The summed E-state index contributed by atoms with van der Waals surface area (Å²) in [4.78, 5) is 47.3. The summed E-state index contributed by atoms with van der Waals surface area (Å²) in [6, 6.07) is 22.0. The molecule has 4 aromatic rings. The van der Waals surface area contributed by atoms with Crippen molar-refractivity contribution in [1.82, 2.24) is 19.4 Å². The van der Waals surface area contributed by atoms with E-state index in [1.54, 1.807) is 38.5 Å². The lowest BCUT2D eigenvalue weighted by Gasteiger charge is -2.32. The largest absolute Gasteiger partial charge is 0.465 e. The quantitative estimate of drug-likeness (QED) is 0.254. The molecule has 0 radical (unpaired) electrons. The molecule has 0 spiro atoms. The van der Waals surface area contributed by atoms with Gasteiger partial charge < -0.3 is 9.30 Å². The van der Waals surface area contributed by atoms with Crippen LogP contribution in [-0.2, 0) is 33.0 Å². The van der Waals surface area contributed by atoms with E-state index < -0.39 is 23.4 Å². The molecule has 3 amide bonds. The number of amides is 3. The van der Waals surface area contributed by atoms with Gasteiger partial charge in [0.25, 0.3) is 5.91 Å². The van der Waals surface area contributed by atoms with Crippen LogP contribution in [0.25, 0.3) is 10.8 Å². The van der Waals surface area contributed by atoms with E-state index in [2.05, 4.69) is 11.1 Å². The molecule has 0 saturated carbocycles. The van der Waals surface area contributed by atoms with Crippen LogP contribution in [0.15, 0.2) is 79.3 Å². The van der Waals surface area contributed by atoms with Crippen molar-refractivity contribution < 1.29 is 19.1 Å². The normalized spacial score (nSPS) is 17.1. The number of hydrogen-bond acceptors (Lipinski definition) is 6. The van der Waals surface area contributed by atoms with E-state index >= 15 is 0 Å². The second-order valence-corrected chi connectivity index (χ2v) is 9.49. The number of fused-ring (bicyclic) bond motifs is 1. The number of ether oxygens (including phenoxy) is 1. The highest BCUT2D eigenvalue weighted by atomic mass is 16.5. The van der Waals surface area contributed by atoms with Crippen molar-refractivity contribution in [3.63, 3.8) is 0 Å². The third-order valence-corrected chi connectivity index (χ3v) is 7.12. The Kier molecular flexibility index (Phi) is 6.86. The standard InChI is InChI=1S/C30H27N5O4/c1-3-39-27(36)19-35-29(38)34(18-24-16-32-20-33(24)17-22-13-11-21(15-31)12-14-22)28(37)30(35,2)26-10-6-8-23-7-4-5-9-25(23)26/h4-14,16,20H,3,17-19H2,1-2H3. The number of aromatic nitrogens is 2. The van der Waals surface area contributed by atoms with Gasteiger partial charge in [0.1, 0.15) is 12.1 Å². The summed E-state index contributed by atoms with van der Waals surface area (Å²) in [7, 11) is 0. The Labute approximate surface area is 225 Å². The van der Waals surface area contributed by atoms with E-state index in [4.69, 9.17) is 10.00 Å². The highest BCUT2D eigenvalue weighted by molar-refractivity contribution is 6.10. The number of hydrogen-bond donors (Lipinski definition) is 0. The number of benzene rings is 3. The van der Waals surface area contributed by atoms with Gasteiger partial charge in [-0.1, -0.05) is 54.6 Å². The maximum Gasteiger partial charge on any atom is 0.328 e. The lowest BCUT2D eigenvalue weighted by molar-refractivity contribution is -0.145. The number of carbonyl (C=O) groups is 3. The number of urea groups is 1. The predicted molar refractivity (Wildman–Crippen MR) is 143 cm³/mol. The Bertz CT molecular complexity index is 1600. The van der Waals surface area contributed by atoms with Gasteiger partial charge in [-0.2, -0.15) is 5.26 Å². The molecule has 9 heteroatoms. The molecule has 1 unspecified atom stereocenters. The summed E-state index contributed by atoms with van der Waals surface area (Å²) in [5.74, 6) is -1.02. The van der Waals surface area contributed by atoms with Gasteiger partial charge in [0, 0.05) is 12.7 Å². The summed E-state index contributed by atoms with van der Waals surface area (Å²) < 4.78 is 7.00. The van der Waals surface area contributed by atoms with Crippen LogP contribution in [0.2, 0.25) is 0 Å². The lowest BCUT2D eigenvalue weighted by Crippen LogP contribution is -2.47. The molecular formula is C30H27N5O4. The molecule has 196 valence electrons. The van der Waals surface area contributed by atoms with Crippen molar-refractivity contribution in [2.24, 2.45) is 0 Å². The van der Waals surface area contributed by atoms with E-state index in [0.29, 0.717) is 23.4 Å². The summed E-state index contributed by atoms with van der Waals surface area (Å²) in [6.07, 6.45) is 3.26. The number of carbonyl (C=O) groups excluding carboxylic acids is 3. The summed E-state index contributed by atoms with van der Waals surface area (Å²) in [5, 5.41) is 10.8. The number of nitriles is 1. The zero-order chi connectivity index (χ0) is 27.6. The van der Waals surface area contributed by atoms with Crippen LogP contribution in [-0.4, -0.2) is 50.4 Å². The number of rotatable bonds is 8. The summed E-state index contributed by atoms with van der Waals surface area (Å²) >= 11 is 0. The van der Waals surface area contributed by atoms with Crippen LogP contribution in [0.5, 0.6) is 0 Å². The van der Waals surface area contributed by atoms with Crippen LogP contribution in [0, 0.1) is 11.3 Å². The Morgan fingerprint density at radius 3 is 2.51 bits per heavy atom. The highest BCUT2D eigenvalue weighted by Gasteiger charge is 2.56. The second-order valence-electron chi connectivity index (χ2n) is 9.49. The smallest absolute Gasteiger partial charge is 0.328 e. The molecule has 1 atom stereocenters. The monoisotopic (exact) mass is 521 g/mol. The van der Waals surface area contributed by atoms with E-state index in [1.807, 2.05) is 59.2 Å². The molecule has 2 heterocycles. The molecule has 1 aliphatic rings. The van der Waals surface area contributed by atoms with E-state index in [1.165, 1.54) is 9.80 Å². The fourth-order valence-electron chi connectivity index (χ4n) is 5.08. The maximum absolute atomic E-state index is 14.1. The predicted octanol–water partition coefficient (Wildman–Crippen LogP) is 4.20. The zero-order valence-electron chi connectivity index (χ0n) is 21.7. The first-order valence-corrected chi connectivity index (χ1v) is 12.6. The van der Waals surface area contributed by atoms with Crippen molar-refractivity contribution >= 4 is 28.7 Å². The van der Waals surface area contributed by atoms with Crippen LogP contribution in [0.3, 0.4) is 0 Å². The highest BCUT2D eigenvalue weighted by Crippen LogP contribution is 2.41. The van der Waals surface area contributed by atoms with Gasteiger partial charge in [0.05, 0.1) is 36.8 Å². The van der Waals surface area contributed by atoms with E-state index in [9.17, 15) is 14.4 Å². The molecule has 3 aromatic carbocycles. The average Bonchev–Trinajstić information content (AvgIpc) is 3.46. The molecule has 1 aromatic heterocycles. The fraction of sp³-hybridized carbons (Fsp3) is 0.233. The Morgan fingerprint density at radius 1 is 1.03 bits per heavy atom. The Balaban J connectivity index is 1.51. The zero-order valence-corrected chi connectivity index (χ0v) is 21.7. The van der Waals surface area contributed by atoms with Crippen molar-refractivity contribution in [2.45, 2.75) is 32.5 Å². The molecular weight excluding hydrogens is 494 g/mol. The van der Waals surface area contributed by atoms with Crippen molar-refractivity contribution in [3.8, 4) is 6.07 Å². The van der Waals surface area contributed by atoms with Crippen molar-refractivity contribution in [2.75, 3.05) is 13.2 Å². The first-order valence-electron chi connectivity index (χ1n) is 12.6. The van der Waals surface area contributed by atoms with Gasteiger partial charge in [-0.3, -0.25) is 19.4 Å². The van der Waals surface area contributed by atoms with Gasteiger partial charge in [0.15, 0.2) is 0 Å². The van der Waals surface area contributed by atoms with Gasteiger partial charge in [-0.25, -0.2) is 9.78 Å². The van der Waals surface area contributed by atoms with Gasteiger partial charge >= 0.3 is 12.0 Å². The van der Waals surface area contributed by atoms with Gasteiger partial charge in [-0.15, -0.1) is 0 Å². The number of imidazole rings is 1. The van der Waals surface area contributed by atoms with Crippen LogP contribution in [0.4, 0.5) is 4.79 Å². The SMILES string of the molecule is CCOC(=O)CN1C(=O)N(Cc2cncn2Cc2ccc(C#N)cc2)C(=O)C1(C)c1cccc2ccccc12. The molecule has 5 rings (SSSR count). The molecule has 0 bridgehead atoms. The average molecular weight is 522 g/mol. The summed E-state index contributed by atoms with van der Waals surface area (Å²) in [5.41, 5.74) is 1.36. The van der Waals surface area contributed by atoms with Crippen LogP contribution >= 0.6 is 0 Å². The van der Waals surface area contributed by atoms with Crippen molar-refractivity contribution in [3.05, 3.63) is 102 Å². The maximum atomic E-state index is 14.1. The minimum absolute atomic E-state index is 0.0202. The van der Waals surface area contributed by atoms with E-state index in [0.717, 1.165) is 16.3 Å². The van der Waals surface area contributed by atoms with Gasteiger partial charge in [-0.05, 0) is 47.9 Å². The first kappa shape index (κ1) is 25.7. The fourth-order valence-corrected chi connectivity index (χ4v) is 5.08. The first-order chi connectivity index (χ1) is 18.9. The topological polar surface area (TPSA) is 109 Å². The van der Waals surface area contributed by atoms with Crippen LogP contribution in [0.1, 0.15) is 36.2 Å². The molecule has 1 saturated heterocycles.